The number of nitrogens with zero attached hydrogens (tertiary/aromatic N) is 3. The number of hydrogen-bond donors (Lipinski definition) is 2. The molecular formula is C17H29N5O2. The van der Waals surface area contributed by atoms with E-state index in [4.69, 9.17) is 4.74 Å². The molecular weight excluding hydrogens is 306 g/mol. The van der Waals surface area contributed by atoms with Crippen LogP contribution in [0.2, 0.25) is 0 Å². The van der Waals surface area contributed by atoms with Gasteiger partial charge in [-0.25, -0.2) is 0 Å². The van der Waals surface area contributed by atoms with E-state index in [1.807, 2.05) is 11.9 Å². The summed E-state index contributed by atoms with van der Waals surface area (Å²) in [7, 11) is 1.88. The Morgan fingerprint density at radius 1 is 1.38 bits per heavy atom. The molecule has 1 fully saturated rings. The molecule has 0 bridgehead atoms. The van der Waals surface area contributed by atoms with Crippen LogP contribution in [-0.4, -0.2) is 78.9 Å². The SMILES string of the molecule is CN(CC(C)(C)CN1CCOCC1)C(=O)c1n[nH]c2c1CNCC2. The van der Waals surface area contributed by atoms with Gasteiger partial charge in [-0.1, -0.05) is 13.8 Å². The molecule has 1 amide bonds. The fourth-order valence-electron chi connectivity index (χ4n) is 3.71. The van der Waals surface area contributed by atoms with Crippen LogP contribution in [-0.2, 0) is 17.7 Å². The largest absolute Gasteiger partial charge is 0.379 e. The third kappa shape index (κ3) is 3.96. The van der Waals surface area contributed by atoms with Gasteiger partial charge in [-0.3, -0.25) is 14.8 Å². The van der Waals surface area contributed by atoms with Crippen molar-refractivity contribution in [3.63, 3.8) is 0 Å². The molecule has 0 unspecified atom stereocenters. The Labute approximate surface area is 143 Å². The molecule has 3 heterocycles. The molecule has 1 saturated heterocycles. The number of aromatic amines is 1. The first kappa shape index (κ1) is 17.4. The van der Waals surface area contributed by atoms with Crippen molar-refractivity contribution in [1.29, 1.82) is 0 Å². The Morgan fingerprint density at radius 3 is 2.88 bits per heavy atom. The molecule has 7 heteroatoms. The molecule has 2 N–H and O–H groups in total. The van der Waals surface area contributed by atoms with E-state index in [9.17, 15) is 4.79 Å². The molecule has 0 radical (unpaired) electrons. The van der Waals surface area contributed by atoms with Crippen LogP contribution in [0.4, 0.5) is 0 Å². The Bertz CT molecular complexity index is 578. The van der Waals surface area contributed by atoms with E-state index in [2.05, 4.69) is 34.3 Å². The molecule has 134 valence electrons. The van der Waals surface area contributed by atoms with Crippen molar-refractivity contribution in [1.82, 2.24) is 25.3 Å². The van der Waals surface area contributed by atoms with Crippen LogP contribution in [0.3, 0.4) is 0 Å². The van der Waals surface area contributed by atoms with Gasteiger partial charge in [0.1, 0.15) is 0 Å². The van der Waals surface area contributed by atoms with Gasteiger partial charge in [0.05, 0.1) is 13.2 Å². The quantitative estimate of drug-likeness (QED) is 0.819. The van der Waals surface area contributed by atoms with Gasteiger partial charge >= 0.3 is 0 Å². The fourth-order valence-corrected chi connectivity index (χ4v) is 3.71. The van der Waals surface area contributed by atoms with Crippen LogP contribution in [0, 0.1) is 5.41 Å². The molecule has 24 heavy (non-hydrogen) atoms. The number of morpholine rings is 1. The second-order valence-corrected chi connectivity index (χ2v) is 7.67. The van der Waals surface area contributed by atoms with Crippen LogP contribution in [0.25, 0.3) is 0 Å². The van der Waals surface area contributed by atoms with Gasteiger partial charge in [0, 0.05) is 64.0 Å². The van der Waals surface area contributed by atoms with E-state index >= 15 is 0 Å². The first-order valence-electron chi connectivity index (χ1n) is 8.79. The van der Waals surface area contributed by atoms with Crippen molar-refractivity contribution < 1.29 is 9.53 Å². The van der Waals surface area contributed by atoms with Gasteiger partial charge in [0.2, 0.25) is 0 Å². The van der Waals surface area contributed by atoms with Crippen molar-refractivity contribution in [2.24, 2.45) is 5.41 Å². The first-order chi connectivity index (χ1) is 11.5. The Kier molecular flexibility index (Phi) is 5.22. The molecule has 0 atom stereocenters. The topological polar surface area (TPSA) is 73.5 Å². The summed E-state index contributed by atoms with van der Waals surface area (Å²) in [5, 5.41) is 10.6. The smallest absolute Gasteiger partial charge is 0.274 e. The van der Waals surface area contributed by atoms with E-state index in [0.717, 1.165) is 63.6 Å². The second kappa shape index (κ2) is 7.21. The van der Waals surface area contributed by atoms with Gasteiger partial charge in [-0.2, -0.15) is 5.10 Å². The van der Waals surface area contributed by atoms with Crippen LogP contribution >= 0.6 is 0 Å². The summed E-state index contributed by atoms with van der Waals surface area (Å²) in [6.07, 6.45) is 0.905. The van der Waals surface area contributed by atoms with Gasteiger partial charge in [0.25, 0.3) is 5.91 Å². The summed E-state index contributed by atoms with van der Waals surface area (Å²) in [5.41, 5.74) is 2.72. The average molecular weight is 335 g/mol. The predicted molar refractivity (Wildman–Crippen MR) is 92.0 cm³/mol. The highest BCUT2D eigenvalue weighted by Crippen LogP contribution is 2.22. The van der Waals surface area contributed by atoms with E-state index in [1.165, 1.54) is 0 Å². The summed E-state index contributed by atoms with van der Waals surface area (Å²) < 4.78 is 5.41. The average Bonchev–Trinajstić information content (AvgIpc) is 2.98. The van der Waals surface area contributed by atoms with E-state index < -0.39 is 0 Å². The van der Waals surface area contributed by atoms with Crippen LogP contribution < -0.4 is 5.32 Å². The Morgan fingerprint density at radius 2 is 2.12 bits per heavy atom. The summed E-state index contributed by atoms with van der Waals surface area (Å²) in [5.74, 6) is 0.00579. The fraction of sp³-hybridized carbons (Fsp3) is 0.765. The minimum absolute atomic E-state index is 0.00579. The highest BCUT2D eigenvalue weighted by atomic mass is 16.5. The first-order valence-corrected chi connectivity index (χ1v) is 8.79. The maximum atomic E-state index is 12.8. The standard InChI is InChI=1S/C17H29N5O2/c1-17(2,12-22-6-8-24-9-7-22)11-21(3)16(23)15-13-10-18-5-4-14(13)19-20-15/h18H,4-12H2,1-3H3,(H,19,20). The highest BCUT2D eigenvalue weighted by Gasteiger charge is 2.29. The lowest BCUT2D eigenvalue weighted by atomic mass is 9.91. The molecule has 0 spiro atoms. The molecule has 1 aromatic heterocycles. The number of amides is 1. The van der Waals surface area contributed by atoms with Gasteiger partial charge in [0.15, 0.2) is 5.69 Å². The normalized spacial score (nSPS) is 19.1. The van der Waals surface area contributed by atoms with Crippen LogP contribution in [0.5, 0.6) is 0 Å². The maximum absolute atomic E-state index is 12.8. The number of nitrogens with one attached hydrogen (secondary N) is 2. The number of H-pyrrole nitrogens is 1. The molecule has 0 saturated carbocycles. The second-order valence-electron chi connectivity index (χ2n) is 7.67. The summed E-state index contributed by atoms with van der Waals surface area (Å²) >= 11 is 0. The molecule has 0 aromatic carbocycles. The maximum Gasteiger partial charge on any atom is 0.274 e. The lowest BCUT2D eigenvalue weighted by Gasteiger charge is -2.37. The number of fused-ring (bicyclic) bond motifs is 1. The molecule has 0 aliphatic carbocycles. The number of carbonyl (C=O) groups excluding carboxylic acids is 1. The minimum Gasteiger partial charge on any atom is -0.379 e. The third-order valence-corrected chi connectivity index (χ3v) is 4.78. The lowest BCUT2D eigenvalue weighted by Crippen LogP contribution is -2.46. The van der Waals surface area contributed by atoms with Gasteiger partial charge < -0.3 is 15.0 Å². The van der Waals surface area contributed by atoms with Crippen LogP contribution in [0.15, 0.2) is 0 Å². The number of ether oxygens (including phenoxy) is 1. The van der Waals surface area contributed by atoms with Crippen molar-refractivity contribution in [3.05, 3.63) is 17.0 Å². The number of aromatic nitrogens is 2. The minimum atomic E-state index is 0.00579. The van der Waals surface area contributed by atoms with Crippen molar-refractivity contribution in [2.75, 3.05) is 53.0 Å². The highest BCUT2D eigenvalue weighted by molar-refractivity contribution is 5.93. The molecule has 3 rings (SSSR count). The van der Waals surface area contributed by atoms with Gasteiger partial charge in [-0.05, 0) is 5.41 Å². The summed E-state index contributed by atoms with van der Waals surface area (Å²) in [6, 6.07) is 0. The predicted octanol–water partition coefficient (Wildman–Crippen LogP) is 0.486. The zero-order valence-corrected chi connectivity index (χ0v) is 15.0. The lowest BCUT2D eigenvalue weighted by molar-refractivity contribution is 0.0162. The van der Waals surface area contributed by atoms with E-state index in [-0.39, 0.29) is 11.3 Å². The van der Waals surface area contributed by atoms with Crippen molar-refractivity contribution in [2.45, 2.75) is 26.8 Å². The van der Waals surface area contributed by atoms with Gasteiger partial charge in [-0.15, -0.1) is 0 Å². The number of carbonyl (C=O) groups is 1. The third-order valence-electron chi connectivity index (χ3n) is 4.78. The van der Waals surface area contributed by atoms with Crippen LogP contribution in [0.1, 0.15) is 35.6 Å². The Hall–Kier alpha value is -1.44. The molecule has 2 aliphatic heterocycles. The number of hydrogen-bond acceptors (Lipinski definition) is 5. The zero-order chi connectivity index (χ0) is 17.2. The van der Waals surface area contributed by atoms with Crippen molar-refractivity contribution in [3.8, 4) is 0 Å². The molecule has 1 aromatic rings. The zero-order valence-electron chi connectivity index (χ0n) is 15.0. The molecule has 7 nitrogen and oxygen atoms in total. The van der Waals surface area contributed by atoms with Crippen molar-refractivity contribution >= 4 is 5.91 Å². The monoisotopic (exact) mass is 335 g/mol. The summed E-state index contributed by atoms with van der Waals surface area (Å²) in [6.45, 7) is 11.3. The Balaban J connectivity index is 1.61. The molecule has 2 aliphatic rings. The number of rotatable bonds is 5. The van der Waals surface area contributed by atoms with E-state index in [0.29, 0.717) is 12.2 Å². The van der Waals surface area contributed by atoms with E-state index in [1.54, 1.807) is 0 Å². The summed E-state index contributed by atoms with van der Waals surface area (Å²) in [4.78, 5) is 17.1.